The molecule has 1 heterocycles. The van der Waals surface area contributed by atoms with Crippen molar-refractivity contribution < 1.29 is 34.7 Å². The Morgan fingerprint density at radius 3 is 2.06 bits per heavy atom. The molecule has 0 unspecified atom stereocenters. The topological polar surface area (TPSA) is 65.4 Å². The van der Waals surface area contributed by atoms with Crippen molar-refractivity contribution in [2.75, 3.05) is 0 Å². The minimum Gasteiger partial charge on any atom is -0.280 e. The molecular weight excluding hydrogens is 445 g/mol. The molecule has 0 atom stereocenters. The number of pyridine rings is 1. The molecule has 1 aliphatic carbocycles. The van der Waals surface area contributed by atoms with E-state index in [1.165, 1.54) is 6.07 Å². The number of nitrogens with zero attached hydrogens (tertiary/aromatic N) is 1. The van der Waals surface area contributed by atoms with Gasteiger partial charge in [0.1, 0.15) is 0 Å². The summed E-state index contributed by atoms with van der Waals surface area (Å²) >= 11 is 0. The maximum absolute atomic E-state index is 14.0. The third-order valence-electron chi connectivity index (χ3n) is 5.33. The number of aryl methyl sites for hydroxylation is 2. The first kappa shape index (κ1) is 23.2. The summed E-state index contributed by atoms with van der Waals surface area (Å²) in [5, 5.41) is 0. The average Bonchev–Trinajstić information content (AvgIpc) is 2.72. The van der Waals surface area contributed by atoms with Gasteiger partial charge in [-0.05, 0) is 37.3 Å². The van der Waals surface area contributed by atoms with Crippen molar-refractivity contribution in [1.82, 2.24) is 4.73 Å². The molecule has 1 aromatic heterocycles. The largest absolute Gasteiger partial charge is 0.363 e. The van der Waals surface area contributed by atoms with Gasteiger partial charge in [0.25, 0.3) is 5.56 Å². The molecule has 3 rings (SSSR count). The van der Waals surface area contributed by atoms with E-state index in [4.69, 9.17) is 0 Å². The smallest absolute Gasteiger partial charge is 0.280 e. The van der Waals surface area contributed by atoms with Crippen LogP contribution in [0.3, 0.4) is 0 Å². The van der Waals surface area contributed by atoms with Crippen LogP contribution in [-0.2, 0) is 16.5 Å². The van der Waals surface area contributed by atoms with Crippen molar-refractivity contribution in [3.63, 3.8) is 0 Å². The van der Waals surface area contributed by atoms with E-state index in [2.05, 4.69) is 4.28 Å². The van der Waals surface area contributed by atoms with Crippen molar-refractivity contribution in [1.29, 1.82) is 0 Å². The van der Waals surface area contributed by atoms with E-state index in [0.29, 0.717) is 22.6 Å². The van der Waals surface area contributed by atoms with Crippen LogP contribution < -0.4 is 9.84 Å². The van der Waals surface area contributed by atoms with Crippen molar-refractivity contribution in [3.8, 4) is 0 Å². The standard InChI is InChI=1S/C20H20F5NO4S/c1-11-9-13(8-7-12-5-3-2-4-6-12)26(14(27)10-11)30-31(28,29)20-18(24)16(22)15(21)17(23)19(20)25/h9-10,12H,2-8H2,1H3. The summed E-state index contributed by atoms with van der Waals surface area (Å²) in [5.41, 5.74) is -0.341. The van der Waals surface area contributed by atoms with Crippen LogP contribution in [0, 0.1) is 41.9 Å². The number of halogens is 5. The minimum atomic E-state index is -5.57. The lowest BCUT2D eigenvalue weighted by Crippen LogP contribution is -2.34. The molecule has 1 aliphatic rings. The molecule has 5 nitrogen and oxygen atoms in total. The highest BCUT2D eigenvalue weighted by molar-refractivity contribution is 7.87. The van der Waals surface area contributed by atoms with Crippen LogP contribution in [0.15, 0.2) is 21.8 Å². The van der Waals surface area contributed by atoms with E-state index in [9.17, 15) is 35.2 Å². The molecule has 0 amide bonds. The Kier molecular flexibility index (Phi) is 6.73. The summed E-state index contributed by atoms with van der Waals surface area (Å²) in [6.07, 6.45) is 6.09. The zero-order valence-electron chi connectivity index (χ0n) is 16.6. The van der Waals surface area contributed by atoms with Crippen molar-refractivity contribution in [2.45, 2.75) is 56.8 Å². The number of hydrogen-bond donors (Lipinski definition) is 0. The summed E-state index contributed by atoms with van der Waals surface area (Å²) in [5.74, 6) is -12.1. The van der Waals surface area contributed by atoms with E-state index >= 15 is 0 Å². The Hall–Kier alpha value is -2.43. The highest BCUT2D eigenvalue weighted by Crippen LogP contribution is 2.29. The molecule has 0 N–H and O–H groups in total. The van der Waals surface area contributed by atoms with Gasteiger partial charge in [-0.1, -0.05) is 32.1 Å². The zero-order valence-corrected chi connectivity index (χ0v) is 17.4. The van der Waals surface area contributed by atoms with Gasteiger partial charge in [0.2, 0.25) is 5.82 Å². The Morgan fingerprint density at radius 1 is 0.935 bits per heavy atom. The molecule has 170 valence electrons. The maximum atomic E-state index is 14.0. The van der Waals surface area contributed by atoms with E-state index in [0.717, 1.165) is 38.2 Å². The molecule has 0 spiro atoms. The second kappa shape index (κ2) is 8.97. The molecule has 1 aromatic carbocycles. The van der Waals surface area contributed by atoms with Crippen LogP contribution in [0.1, 0.15) is 49.8 Å². The second-order valence-corrected chi connectivity index (χ2v) is 9.09. The number of rotatable bonds is 6. The molecule has 2 aromatic rings. The van der Waals surface area contributed by atoms with Crippen LogP contribution in [0.2, 0.25) is 0 Å². The minimum absolute atomic E-state index is 0.114. The Bertz CT molecular complexity index is 1130. The van der Waals surface area contributed by atoms with Crippen LogP contribution in [0.4, 0.5) is 22.0 Å². The molecule has 0 aliphatic heterocycles. The summed E-state index contributed by atoms with van der Waals surface area (Å²) < 4.78 is 97.9. The van der Waals surface area contributed by atoms with Gasteiger partial charge in [-0.25, -0.2) is 22.0 Å². The normalized spacial score (nSPS) is 15.3. The Morgan fingerprint density at radius 2 is 1.48 bits per heavy atom. The van der Waals surface area contributed by atoms with Gasteiger partial charge in [0.15, 0.2) is 28.2 Å². The first-order valence-electron chi connectivity index (χ1n) is 9.72. The van der Waals surface area contributed by atoms with Gasteiger partial charge >= 0.3 is 10.1 Å². The first-order valence-corrected chi connectivity index (χ1v) is 11.1. The summed E-state index contributed by atoms with van der Waals surface area (Å²) in [4.78, 5) is 10.2. The highest BCUT2D eigenvalue weighted by atomic mass is 32.2. The number of benzene rings is 1. The van der Waals surface area contributed by atoms with Gasteiger partial charge < -0.3 is 0 Å². The zero-order chi connectivity index (χ0) is 22.9. The third kappa shape index (κ3) is 4.76. The van der Waals surface area contributed by atoms with Gasteiger partial charge in [-0.3, -0.25) is 9.08 Å². The molecule has 0 radical (unpaired) electrons. The fourth-order valence-corrected chi connectivity index (χ4v) is 4.84. The number of hydrogen-bond acceptors (Lipinski definition) is 4. The fourth-order valence-electron chi connectivity index (χ4n) is 3.78. The Balaban J connectivity index is 1.99. The maximum Gasteiger partial charge on any atom is 0.363 e. The van der Waals surface area contributed by atoms with Gasteiger partial charge in [0.05, 0.1) is 5.69 Å². The van der Waals surface area contributed by atoms with Gasteiger partial charge in [-0.15, -0.1) is 4.73 Å². The third-order valence-corrected chi connectivity index (χ3v) is 6.54. The molecule has 11 heteroatoms. The molecular formula is C20H20F5NO4S. The molecule has 0 bridgehead atoms. The second-order valence-electron chi connectivity index (χ2n) is 7.63. The molecule has 31 heavy (non-hydrogen) atoms. The van der Waals surface area contributed by atoms with E-state index in [1.807, 2.05) is 0 Å². The van der Waals surface area contributed by atoms with Crippen molar-refractivity contribution in [2.24, 2.45) is 5.92 Å². The van der Waals surface area contributed by atoms with E-state index in [1.54, 1.807) is 6.92 Å². The molecule has 0 saturated heterocycles. The fraction of sp³-hybridized carbons (Fsp3) is 0.450. The lowest BCUT2D eigenvalue weighted by Gasteiger charge is -2.22. The number of aromatic nitrogens is 1. The van der Waals surface area contributed by atoms with Crippen LogP contribution in [-0.4, -0.2) is 13.1 Å². The molecule has 1 fully saturated rings. The highest BCUT2D eigenvalue weighted by Gasteiger charge is 2.36. The Labute approximate surface area is 175 Å². The summed E-state index contributed by atoms with van der Waals surface area (Å²) in [7, 11) is -5.57. The SMILES string of the molecule is Cc1cc(CCC2CCCCC2)n(OS(=O)(=O)c2c(F)c(F)c(F)c(F)c2F)c(=O)c1. The predicted molar refractivity (Wildman–Crippen MR) is 100 cm³/mol. The van der Waals surface area contributed by atoms with Crippen molar-refractivity contribution in [3.05, 3.63) is 62.8 Å². The quantitative estimate of drug-likeness (QED) is 0.365. The van der Waals surface area contributed by atoms with Crippen LogP contribution in [0.25, 0.3) is 0 Å². The van der Waals surface area contributed by atoms with Gasteiger partial charge in [0, 0.05) is 6.07 Å². The predicted octanol–water partition coefficient (Wildman–Crippen LogP) is 4.18. The monoisotopic (exact) mass is 465 g/mol. The van der Waals surface area contributed by atoms with Gasteiger partial charge in [-0.2, -0.15) is 8.42 Å². The lowest BCUT2D eigenvalue weighted by atomic mass is 9.86. The molecule has 1 saturated carbocycles. The first-order chi connectivity index (χ1) is 14.5. The van der Waals surface area contributed by atoms with E-state index < -0.39 is 49.7 Å². The van der Waals surface area contributed by atoms with Crippen molar-refractivity contribution >= 4 is 10.1 Å². The average molecular weight is 465 g/mol. The van der Waals surface area contributed by atoms with Crippen LogP contribution in [0.5, 0.6) is 0 Å². The van der Waals surface area contributed by atoms with E-state index in [-0.39, 0.29) is 12.1 Å². The summed E-state index contributed by atoms with van der Waals surface area (Å²) in [6.45, 7) is 1.59. The summed E-state index contributed by atoms with van der Waals surface area (Å²) in [6, 6.07) is 2.50. The van der Waals surface area contributed by atoms with Crippen LogP contribution >= 0.6 is 0 Å². The lowest BCUT2D eigenvalue weighted by molar-refractivity contribution is 0.245.